The van der Waals surface area contributed by atoms with Crippen LogP contribution in [-0.2, 0) is 0 Å². The van der Waals surface area contributed by atoms with Gasteiger partial charge in [0, 0.05) is 10.9 Å². The van der Waals surface area contributed by atoms with Crippen LogP contribution >= 0.6 is 23.1 Å². The minimum Gasteiger partial charge on any atom is -0.378 e. The molecule has 6 nitrogen and oxygen atoms in total. The second-order valence-corrected chi connectivity index (χ2v) is 5.47. The maximum atomic E-state index is 7.18. The van der Waals surface area contributed by atoms with Crippen LogP contribution in [-0.4, -0.2) is 22.4 Å². The van der Waals surface area contributed by atoms with Crippen molar-refractivity contribution in [3.05, 3.63) is 29.6 Å². The fraction of sp³-hybridized carbons (Fsp3) is 0.0833. The summed E-state index contributed by atoms with van der Waals surface area (Å²) in [6, 6.07) is 7.64. The molecule has 0 bridgehead atoms. The van der Waals surface area contributed by atoms with Gasteiger partial charge in [-0.3, -0.25) is 5.41 Å². The number of rotatable bonds is 3. The van der Waals surface area contributed by atoms with Crippen molar-refractivity contribution < 1.29 is 0 Å². The highest BCUT2D eigenvalue weighted by Crippen LogP contribution is 2.27. The summed E-state index contributed by atoms with van der Waals surface area (Å²) in [5.74, 6) is -0.128. The number of thiazole rings is 1. The molecule has 1 aromatic carbocycles. The second-order valence-electron chi connectivity index (χ2n) is 3.78. The van der Waals surface area contributed by atoms with Crippen molar-refractivity contribution in [2.45, 2.75) is 0 Å². The van der Waals surface area contributed by atoms with Gasteiger partial charge in [0.05, 0.1) is 11.4 Å². The highest BCUT2D eigenvalue weighted by Gasteiger charge is 2.05. The zero-order valence-electron chi connectivity index (χ0n) is 10.8. The lowest BCUT2D eigenvalue weighted by Gasteiger charge is -2.00. The maximum Gasteiger partial charge on any atom is 0.192 e. The first-order valence-electron chi connectivity index (χ1n) is 5.63. The van der Waals surface area contributed by atoms with Crippen LogP contribution < -0.4 is 16.8 Å². The molecule has 104 valence electrons. The molecule has 1 heterocycles. The first-order chi connectivity index (χ1) is 9.58. The van der Waals surface area contributed by atoms with Crippen molar-refractivity contribution in [2.75, 3.05) is 11.6 Å². The first kappa shape index (κ1) is 14.4. The second kappa shape index (κ2) is 6.40. The Morgan fingerprint density at radius 1 is 1.45 bits per heavy atom. The predicted molar refractivity (Wildman–Crippen MR) is 87.9 cm³/mol. The lowest BCUT2D eigenvalue weighted by atomic mass is 10.1. The Balaban J connectivity index is 2.27. The number of hydrogen-bond donors (Lipinski definition) is 4. The number of nitrogens with two attached hydrogens (primary N) is 2. The average molecular weight is 306 g/mol. The number of anilines is 1. The van der Waals surface area contributed by atoms with Gasteiger partial charge < -0.3 is 16.8 Å². The smallest absolute Gasteiger partial charge is 0.192 e. The molecule has 8 heteroatoms. The Kier molecular flexibility index (Phi) is 4.59. The molecule has 6 N–H and O–H groups in total. The summed E-state index contributed by atoms with van der Waals surface area (Å²) in [6.45, 7) is 0. The number of nitrogens with zero attached hydrogens (tertiary/aromatic N) is 2. The summed E-state index contributed by atoms with van der Waals surface area (Å²) in [5, 5.41) is 12.8. The predicted octanol–water partition coefficient (Wildman–Crippen LogP) is 2.42. The van der Waals surface area contributed by atoms with Crippen LogP contribution in [0.2, 0.25) is 0 Å². The molecule has 0 radical (unpaired) electrons. The maximum absolute atomic E-state index is 7.18. The molecule has 1 aromatic heterocycles. The average Bonchev–Trinajstić information content (AvgIpc) is 2.86. The van der Waals surface area contributed by atoms with E-state index < -0.39 is 0 Å². The summed E-state index contributed by atoms with van der Waals surface area (Å²) in [6.07, 6.45) is 1.88. The van der Waals surface area contributed by atoms with Crippen LogP contribution in [0.1, 0.15) is 0 Å². The molecule has 0 atom stereocenters. The molecular weight excluding hydrogens is 292 g/mol. The van der Waals surface area contributed by atoms with Gasteiger partial charge in [0.25, 0.3) is 0 Å². The molecule has 0 amide bonds. The Morgan fingerprint density at radius 3 is 2.95 bits per heavy atom. The van der Waals surface area contributed by atoms with Gasteiger partial charge in [-0.2, -0.15) is 0 Å². The quantitative estimate of drug-likeness (QED) is 0.514. The van der Waals surface area contributed by atoms with Gasteiger partial charge in [-0.1, -0.05) is 23.9 Å². The van der Waals surface area contributed by atoms with E-state index in [2.05, 4.69) is 15.3 Å². The highest BCUT2D eigenvalue weighted by atomic mass is 32.2. The van der Waals surface area contributed by atoms with E-state index in [0.29, 0.717) is 10.3 Å². The molecule has 20 heavy (non-hydrogen) atoms. The fourth-order valence-corrected chi connectivity index (χ4v) is 2.42. The Bertz CT molecular complexity index is 649. The molecule has 2 rings (SSSR count). The summed E-state index contributed by atoms with van der Waals surface area (Å²) in [5.41, 5.74) is 13.5. The van der Waals surface area contributed by atoms with Gasteiger partial charge in [-0.15, -0.1) is 11.3 Å². The first-order valence-corrected chi connectivity index (χ1v) is 7.74. The van der Waals surface area contributed by atoms with E-state index in [4.69, 9.17) is 16.9 Å². The number of hydrogen-bond acceptors (Lipinski definition) is 5. The molecule has 0 fully saturated rings. The molecule has 0 aliphatic rings. The number of aliphatic imine (C=N–C) groups is 1. The molecule has 0 spiro atoms. The highest BCUT2D eigenvalue weighted by molar-refractivity contribution is 8.13. The minimum absolute atomic E-state index is 0.128. The molecule has 0 unspecified atom stereocenters. The molecule has 0 aliphatic carbocycles. The van der Waals surface area contributed by atoms with Crippen LogP contribution in [0.15, 0.2) is 34.6 Å². The zero-order valence-corrected chi connectivity index (χ0v) is 12.4. The Labute approximate surface area is 124 Å². The van der Waals surface area contributed by atoms with Crippen LogP contribution in [0.3, 0.4) is 0 Å². The molecule has 0 saturated heterocycles. The summed E-state index contributed by atoms with van der Waals surface area (Å²) >= 11 is 2.79. The third kappa shape index (κ3) is 3.72. The van der Waals surface area contributed by atoms with Crippen molar-refractivity contribution in [3.8, 4) is 11.3 Å². The van der Waals surface area contributed by atoms with E-state index in [1.54, 1.807) is 0 Å². The number of guanidine groups is 1. The van der Waals surface area contributed by atoms with Crippen LogP contribution in [0.5, 0.6) is 0 Å². The van der Waals surface area contributed by atoms with Crippen molar-refractivity contribution in [1.82, 2.24) is 4.98 Å². The number of nitrogens with one attached hydrogen (secondary N) is 2. The van der Waals surface area contributed by atoms with E-state index in [-0.39, 0.29) is 5.96 Å². The Morgan fingerprint density at radius 2 is 2.25 bits per heavy atom. The van der Waals surface area contributed by atoms with E-state index in [9.17, 15) is 0 Å². The molecule has 0 saturated carbocycles. The zero-order chi connectivity index (χ0) is 14.5. The van der Waals surface area contributed by atoms with Gasteiger partial charge in [0.1, 0.15) is 0 Å². The standard InChI is InChI=1S/C12H14N6S2/c1-19-11(15)16-8-4-2-3-7(5-8)9-6-20-12(17-9)18-10(13)14/h2-6H,1H3,(H2,15,16)(H4,13,14,17,18). The van der Waals surface area contributed by atoms with Gasteiger partial charge in [0.2, 0.25) is 0 Å². The van der Waals surface area contributed by atoms with Crippen LogP contribution in [0.4, 0.5) is 10.8 Å². The van der Waals surface area contributed by atoms with E-state index in [1.807, 2.05) is 35.9 Å². The van der Waals surface area contributed by atoms with Crippen LogP contribution in [0, 0.1) is 5.41 Å². The number of benzene rings is 1. The lowest BCUT2D eigenvalue weighted by Crippen LogP contribution is -2.20. The molecular formula is C12H14N6S2. The van der Waals surface area contributed by atoms with Crippen molar-refractivity contribution in [2.24, 2.45) is 16.5 Å². The summed E-state index contributed by atoms with van der Waals surface area (Å²) in [7, 11) is 0. The number of aromatic nitrogens is 1. The largest absolute Gasteiger partial charge is 0.378 e. The van der Waals surface area contributed by atoms with Gasteiger partial charge in [0.15, 0.2) is 16.3 Å². The van der Waals surface area contributed by atoms with Gasteiger partial charge >= 0.3 is 0 Å². The Hall–Kier alpha value is -2.06. The van der Waals surface area contributed by atoms with E-state index in [1.165, 1.54) is 23.1 Å². The normalized spacial score (nSPS) is 11.3. The molecule has 0 aliphatic heterocycles. The lowest BCUT2D eigenvalue weighted by molar-refractivity contribution is 1.35. The monoisotopic (exact) mass is 306 g/mol. The van der Waals surface area contributed by atoms with Crippen molar-refractivity contribution in [3.63, 3.8) is 0 Å². The molecule has 2 aromatic rings. The fourth-order valence-electron chi connectivity index (χ4n) is 1.49. The van der Waals surface area contributed by atoms with Crippen molar-refractivity contribution in [1.29, 1.82) is 5.41 Å². The van der Waals surface area contributed by atoms with Crippen molar-refractivity contribution >= 4 is 45.0 Å². The number of thioether (sulfide) groups is 1. The van der Waals surface area contributed by atoms with Gasteiger partial charge in [-0.25, -0.2) is 9.98 Å². The third-order valence-corrected chi connectivity index (χ3v) is 3.60. The third-order valence-electron chi connectivity index (χ3n) is 2.34. The minimum atomic E-state index is -0.128. The van der Waals surface area contributed by atoms with E-state index in [0.717, 1.165) is 16.9 Å². The van der Waals surface area contributed by atoms with E-state index >= 15 is 0 Å². The topological polar surface area (TPSA) is 113 Å². The number of amidine groups is 1. The van der Waals surface area contributed by atoms with Crippen LogP contribution in [0.25, 0.3) is 11.3 Å². The summed E-state index contributed by atoms with van der Waals surface area (Å²) in [4.78, 5) is 8.64. The summed E-state index contributed by atoms with van der Waals surface area (Å²) < 4.78 is 0. The van der Waals surface area contributed by atoms with Gasteiger partial charge in [-0.05, 0) is 18.4 Å². The SMILES string of the molecule is CSC(N)=Nc1cccc(-c2csc(NC(=N)N)n2)c1.